The first-order chi connectivity index (χ1) is 19.5. The summed E-state index contributed by atoms with van der Waals surface area (Å²) in [6.07, 6.45) is 2.32. The number of hydrogen-bond donors (Lipinski definition) is 1. The van der Waals surface area contributed by atoms with Crippen LogP contribution in [0.25, 0.3) is 0 Å². The summed E-state index contributed by atoms with van der Waals surface area (Å²) in [4.78, 5) is 28.8. The van der Waals surface area contributed by atoms with Gasteiger partial charge >= 0.3 is 0 Å². The highest BCUT2D eigenvalue weighted by atomic mass is 35.5. The second-order valence-corrected chi connectivity index (χ2v) is 12.8. The number of anilines is 1. The van der Waals surface area contributed by atoms with Gasteiger partial charge in [0, 0.05) is 53.1 Å². The lowest BCUT2D eigenvalue weighted by Crippen LogP contribution is -2.50. The summed E-state index contributed by atoms with van der Waals surface area (Å²) in [6.45, 7) is 2.48. The number of hydrogen-bond acceptors (Lipinski definition) is 4. The molecule has 0 heterocycles. The first-order valence-electron chi connectivity index (χ1n) is 13.3. The number of nitrogens with one attached hydrogen (secondary N) is 1. The molecular formula is C30H34Cl3N3O4S. The molecule has 3 aromatic carbocycles. The Kier molecular flexibility index (Phi) is 12.3. The third-order valence-corrected chi connectivity index (χ3v) is 8.60. The summed E-state index contributed by atoms with van der Waals surface area (Å²) < 4.78 is 26.4. The summed E-state index contributed by atoms with van der Waals surface area (Å²) >= 11 is 19.0. The zero-order chi connectivity index (χ0) is 30.0. The van der Waals surface area contributed by atoms with E-state index in [0.29, 0.717) is 32.9 Å². The van der Waals surface area contributed by atoms with Crippen LogP contribution in [0.1, 0.15) is 37.3 Å². The number of rotatable bonds is 14. The van der Waals surface area contributed by atoms with Gasteiger partial charge in [0.05, 0.1) is 11.9 Å². The highest BCUT2D eigenvalue weighted by Crippen LogP contribution is 2.28. The maximum absolute atomic E-state index is 13.9. The van der Waals surface area contributed by atoms with Gasteiger partial charge in [0.2, 0.25) is 21.8 Å². The molecule has 1 atom stereocenters. The van der Waals surface area contributed by atoms with Crippen LogP contribution in [-0.2, 0) is 32.6 Å². The average Bonchev–Trinajstić information content (AvgIpc) is 2.92. The van der Waals surface area contributed by atoms with Gasteiger partial charge in [-0.2, -0.15) is 0 Å². The number of carbonyl (C=O) groups is 2. The van der Waals surface area contributed by atoms with Crippen LogP contribution < -0.4 is 9.62 Å². The molecule has 0 saturated heterocycles. The first kappa shape index (κ1) is 32.7. The van der Waals surface area contributed by atoms with E-state index in [1.54, 1.807) is 42.5 Å². The first-order valence-corrected chi connectivity index (χ1v) is 16.3. The van der Waals surface area contributed by atoms with E-state index in [-0.39, 0.29) is 44.2 Å². The van der Waals surface area contributed by atoms with Crippen molar-refractivity contribution in [1.29, 1.82) is 0 Å². The third-order valence-electron chi connectivity index (χ3n) is 6.46. The molecule has 0 radical (unpaired) electrons. The van der Waals surface area contributed by atoms with Gasteiger partial charge in [-0.05, 0) is 48.7 Å². The molecule has 7 nitrogen and oxygen atoms in total. The molecule has 41 heavy (non-hydrogen) atoms. The normalized spacial score (nSPS) is 12.0. The van der Waals surface area contributed by atoms with Gasteiger partial charge in [-0.25, -0.2) is 8.42 Å². The van der Waals surface area contributed by atoms with Crippen LogP contribution in [0.3, 0.4) is 0 Å². The van der Waals surface area contributed by atoms with Gasteiger partial charge in [-0.3, -0.25) is 13.9 Å². The topological polar surface area (TPSA) is 86.8 Å². The van der Waals surface area contributed by atoms with Crippen molar-refractivity contribution in [3.05, 3.63) is 99.0 Å². The molecule has 0 aliphatic heterocycles. The molecule has 0 spiro atoms. The Hall–Kier alpha value is -2.78. The minimum absolute atomic E-state index is 0.0124. The molecule has 11 heteroatoms. The molecule has 2 amide bonds. The average molecular weight is 639 g/mol. The van der Waals surface area contributed by atoms with Crippen molar-refractivity contribution in [1.82, 2.24) is 10.2 Å². The lowest BCUT2D eigenvalue weighted by atomic mass is 10.0. The Bertz CT molecular complexity index is 1420. The number of halogens is 3. The predicted octanol–water partition coefficient (Wildman–Crippen LogP) is 6.36. The van der Waals surface area contributed by atoms with Crippen LogP contribution in [0.15, 0.2) is 72.8 Å². The Balaban J connectivity index is 1.91. The Labute approximate surface area is 257 Å². The zero-order valence-corrected chi connectivity index (χ0v) is 26.1. The molecule has 0 aromatic heterocycles. The molecule has 0 fully saturated rings. The van der Waals surface area contributed by atoms with E-state index in [1.807, 2.05) is 37.3 Å². The van der Waals surface area contributed by atoms with Crippen LogP contribution in [-0.4, -0.2) is 50.5 Å². The van der Waals surface area contributed by atoms with E-state index in [9.17, 15) is 18.0 Å². The molecule has 0 aliphatic rings. The van der Waals surface area contributed by atoms with Gasteiger partial charge in [-0.1, -0.05) is 84.2 Å². The largest absolute Gasteiger partial charge is 0.354 e. The molecule has 3 aromatic rings. The fraction of sp³-hybridized carbons (Fsp3) is 0.333. The highest BCUT2D eigenvalue weighted by Gasteiger charge is 2.31. The maximum atomic E-state index is 13.9. The van der Waals surface area contributed by atoms with Gasteiger partial charge < -0.3 is 10.2 Å². The van der Waals surface area contributed by atoms with Crippen molar-refractivity contribution in [3.8, 4) is 0 Å². The number of amides is 2. The molecule has 0 bridgehead atoms. The summed E-state index contributed by atoms with van der Waals surface area (Å²) in [5.41, 5.74) is 1.83. The van der Waals surface area contributed by atoms with Crippen LogP contribution in [0.2, 0.25) is 15.1 Å². The minimum atomic E-state index is -3.64. The maximum Gasteiger partial charge on any atom is 0.243 e. The van der Waals surface area contributed by atoms with E-state index in [1.165, 1.54) is 9.21 Å². The van der Waals surface area contributed by atoms with Crippen LogP contribution >= 0.6 is 34.8 Å². The standard InChI is InChI=1S/C30H34Cl3N3O4S/c1-3-17-34-30(38)28(19-22-10-5-4-6-11-22)35(21-25-26(32)14-8-15-27(25)33)29(37)16-9-18-36(41(2,39)40)24-13-7-12-23(31)20-24/h4-8,10-15,20,28H,3,9,16-19,21H2,1-2H3,(H,34,38). The summed E-state index contributed by atoms with van der Waals surface area (Å²) in [6, 6.07) is 20.2. The van der Waals surface area contributed by atoms with Crippen LogP contribution in [0.4, 0.5) is 5.69 Å². The Morgan fingerprint density at radius 2 is 1.59 bits per heavy atom. The smallest absolute Gasteiger partial charge is 0.243 e. The van der Waals surface area contributed by atoms with Crippen molar-refractivity contribution >= 4 is 62.3 Å². The molecule has 0 saturated carbocycles. The zero-order valence-electron chi connectivity index (χ0n) is 23.0. The van der Waals surface area contributed by atoms with Gasteiger partial charge in [0.1, 0.15) is 6.04 Å². The predicted molar refractivity (Wildman–Crippen MR) is 167 cm³/mol. The SMILES string of the molecule is CCCNC(=O)C(Cc1ccccc1)N(Cc1c(Cl)cccc1Cl)C(=O)CCCN(c1cccc(Cl)c1)S(C)(=O)=O. The van der Waals surface area contributed by atoms with E-state index >= 15 is 0 Å². The van der Waals surface area contributed by atoms with Crippen LogP contribution in [0, 0.1) is 0 Å². The lowest BCUT2D eigenvalue weighted by Gasteiger charge is -2.32. The quantitative estimate of drug-likeness (QED) is 0.223. The highest BCUT2D eigenvalue weighted by molar-refractivity contribution is 7.92. The second kappa shape index (κ2) is 15.4. The van der Waals surface area contributed by atoms with Crippen molar-refractivity contribution in [2.75, 3.05) is 23.7 Å². The fourth-order valence-corrected chi connectivity index (χ4v) is 6.07. The van der Waals surface area contributed by atoms with Crippen molar-refractivity contribution in [2.24, 2.45) is 0 Å². The lowest BCUT2D eigenvalue weighted by molar-refractivity contribution is -0.141. The molecule has 3 rings (SSSR count). The Morgan fingerprint density at radius 3 is 2.20 bits per heavy atom. The van der Waals surface area contributed by atoms with Crippen molar-refractivity contribution in [3.63, 3.8) is 0 Å². The summed E-state index contributed by atoms with van der Waals surface area (Å²) in [7, 11) is -3.64. The molecule has 0 aliphatic carbocycles. The van der Waals surface area contributed by atoms with Gasteiger partial charge in [0.15, 0.2) is 0 Å². The van der Waals surface area contributed by atoms with Gasteiger partial charge in [0.25, 0.3) is 0 Å². The summed E-state index contributed by atoms with van der Waals surface area (Å²) in [5, 5.41) is 4.09. The summed E-state index contributed by atoms with van der Waals surface area (Å²) in [5.74, 6) is -0.614. The van der Waals surface area contributed by atoms with E-state index in [4.69, 9.17) is 34.8 Å². The van der Waals surface area contributed by atoms with Gasteiger partial charge in [-0.15, -0.1) is 0 Å². The number of nitrogens with zero attached hydrogens (tertiary/aromatic N) is 2. The number of benzene rings is 3. The van der Waals surface area contributed by atoms with Crippen molar-refractivity contribution in [2.45, 2.75) is 45.2 Å². The van der Waals surface area contributed by atoms with Crippen LogP contribution in [0.5, 0.6) is 0 Å². The molecule has 1 unspecified atom stereocenters. The molecule has 1 N–H and O–H groups in total. The second-order valence-electron chi connectivity index (χ2n) is 9.64. The monoisotopic (exact) mass is 637 g/mol. The number of sulfonamides is 1. The van der Waals surface area contributed by atoms with E-state index < -0.39 is 16.1 Å². The fourth-order valence-electron chi connectivity index (χ4n) is 4.41. The minimum Gasteiger partial charge on any atom is -0.354 e. The van der Waals surface area contributed by atoms with E-state index in [0.717, 1.165) is 18.2 Å². The van der Waals surface area contributed by atoms with E-state index in [2.05, 4.69) is 5.32 Å². The number of carbonyl (C=O) groups excluding carboxylic acids is 2. The molecule has 220 valence electrons. The van der Waals surface area contributed by atoms with Crippen molar-refractivity contribution < 1.29 is 18.0 Å². The molecular weight excluding hydrogens is 605 g/mol. The Morgan fingerprint density at radius 1 is 0.927 bits per heavy atom. The third kappa shape index (κ3) is 9.64.